The quantitative estimate of drug-likeness (QED) is 0.125. The number of carbonyl (C=O) groups excluding carboxylic acids is 2. The highest BCUT2D eigenvalue weighted by atomic mass is 32.2. The van der Waals surface area contributed by atoms with E-state index in [9.17, 15) is 38.2 Å². The van der Waals surface area contributed by atoms with Gasteiger partial charge in [-0.05, 0) is 73.5 Å². The molecule has 0 radical (unpaired) electrons. The Morgan fingerprint density at radius 1 is 0.826 bits per heavy atom. The van der Waals surface area contributed by atoms with Crippen LogP contribution >= 0.6 is 0 Å². The van der Waals surface area contributed by atoms with E-state index in [2.05, 4.69) is 14.4 Å². The van der Waals surface area contributed by atoms with Crippen LogP contribution in [0.15, 0.2) is 72.8 Å². The summed E-state index contributed by atoms with van der Waals surface area (Å²) < 4.78 is 36.9. The van der Waals surface area contributed by atoms with Crippen LogP contribution in [0.5, 0.6) is 5.75 Å². The predicted octanol–water partition coefficient (Wildman–Crippen LogP) is 3.63. The molecule has 246 valence electrons. The number of sulfonamides is 1. The zero-order chi connectivity index (χ0) is 33.9. The number of nitrogens with zero attached hydrogens (tertiary/aromatic N) is 3. The first-order valence-electron chi connectivity index (χ1n) is 13.6. The molecule has 1 unspecified atom stereocenters. The summed E-state index contributed by atoms with van der Waals surface area (Å²) in [5, 5.41) is 19.1. The van der Waals surface area contributed by atoms with Crippen LogP contribution in [0.25, 0.3) is 0 Å². The number of benzene rings is 3. The second-order valence-corrected chi connectivity index (χ2v) is 11.9. The molecule has 0 aromatic heterocycles. The largest absolute Gasteiger partial charge is 0.490 e. The third kappa shape index (κ3) is 11.6. The van der Waals surface area contributed by atoms with Crippen LogP contribution in [-0.2, 0) is 37.6 Å². The SMILES string of the molecule is CC(C)N(CC(COc1ccc(NS(C)(=O)=O)cc1)OC(=O)c1ccc(CO[N+](=O)[O-])cc1)C(=O)c1ccc(CO[N+](=O)[O-])cc1. The van der Waals surface area contributed by atoms with Crippen LogP contribution in [0, 0.1) is 20.2 Å². The maximum absolute atomic E-state index is 13.5. The number of hydrogen-bond donors (Lipinski definition) is 1. The van der Waals surface area contributed by atoms with Gasteiger partial charge >= 0.3 is 5.97 Å². The van der Waals surface area contributed by atoms with Crippen molar-refractivity contribution in [3.8, 4) is 5.75 Å². The van der Waals surface area contributed by atoms with E-state index in [4.69, 9.17) is 9.47 Å². The van der Waals surface area contributed by atoms with Crippen LogP contribution in [0.2, 0.25) is 0 Å². The summed E-state index contributed by atoms with van der Waals surface area (Å²) >= 11 is 0. The molecule has 1 amide bonds. The van der Waals surface area contributed by atoms with E-state index >= 15 is 0 Å². The topological polar surface area (TPSA) is 207 Å². The first kappa shape index (κ1) is 35.0. The van der Waals surface area contributed by atoms with Crippen molar-refractivity contribution < 1.29 is 47.3 Å². The summed E-state index contributed by atoms with van der Waals surface area (Å²) in [6.07, 6.45) is 0.0310. The zero-order valence-electron chi connectivity index (χ0n) is 25.1. The maximum Gasteiger partial charge on any atom is 0.338 e. The average molecular weight is 661 g/mol. The second-order valence-electron chi connectivity index (χ2n) is 10.2. The van der Waals surface area contributed by atoms with Crippen molar-refractivity contribution in [1.82, 2.24) is 4.90 Å². The van der Waals surface area contributed by atoms with Gasteiger partial charge in [0.15, 0.2) is 6.10 Å². The van der Waals surface area contributed by atoms with Crippen molar-refractivity contribution in [2.24, 2.45) is 0 Å². The van der Waals surface area contributed by atoms with Crippen molar-refractivity contribution in [3.05, 3.63) is 115 Å². The number of rotatable bonds is 17. The molecule has 17 heteroatoms. The van der Waals surface area contributed by atoms with Crippen LogP contribution in [0.3, 0.4) is 0 Å². The molecule has 0 saturated heterocycles. The predicted molar refractivity (Wildman–Crippen MR) is 162 cm³/mol. The Kier molecular flexibility index (Phi) is 12.2. The Balaban J connectivity index is 1.79. The van der Waals surface area contributed by atoms with Crippen molar-refractivity contribution in [1.29, 1.82) is 0 Å². The molecule has 0 aliphatic heterocycles. The summed E-state index contributed by atoms with van der Waals surface area (Å²) in [4.78, 5) is 57.7. The molecule has 0 aliphatic carbocycles. The zero-order valence-corrected chi connectivity index (χ0v) is 25.9. The van der Waals surface area contributed by atoms with Gasteiger partial charge in [0.25, 0.3) is 16.1 Å². The maximum atomic E-state index is 13.5. The number of amides is 1. The van der Waals surface area contributed by atoms with Gasteiger partial charge in [-0.15, -0.1) is 20.2 Å². The number of ether oxygens (including phenoxy) is 2. The molecule has 1 atom stereocenters. The molecule has 3 aromatic carbocycles. The molecule has 0 spiro atoms. The van der Waals surface area contributed by atoms with E-state index in [1.54, 1.807) is 13.8 Å². The molecular weight excluding hydrogens is 628 g/mol. The van der Waals surface area contributed by atoms with Gasteiger partial charge in [-0.1, -0.05) is 24.3 Å². The third-order valence-electron chi connectivity index (χ3n) is 6.22. The van der Waals surface area contributed by atoms with Crippen molar-refractivity contribution >= 4 is 27.6 Å². The normalized spacial score (nSPS) is 11.7. The Labute approximate surface area is 264 Å². The summed E-state index contributed by atoms with van der Waals surface area (Å²) in [5.41, 5.74) is 1.68. The van der Waals surface area contributed by atoms with Crippen LogP contribution in [-0.4, -0.2) is 66.9 Å². The fraction of sp³-hybridized carbons (Fsp3) is 0.310. The Morgan fingerprint density at radius 3 is 1.78 bits per heavy atom. The number of anilines is 1. The van der Waals surface area contributed by atoms with Gasteiger partial charge in [0.1, 0.15) is 25.6 Å². The fourth-order valence-electron chi connectivity index (χ4n) is 4.01. The summed E-state index contributed by atoms with van der Waals surface area (Å²) in [7, 11) is -3.48. The van der Waals surface area contributed by atoms with Crippen LogP contribution < -0.4 is 9.46 Å². The van der Waals surface area contributed by atoms with Gasteiger partial charge in [-0.2, -0.15) is 0 Å². The minimum atomic E-state index is -3.48. The lowest BCUT2D eigenvalue weighted by atomic mass is 10.1. The fourth-order valence-corrected chi connectivity index (χ4v) is 4.58. The molecule has 1 N–H and O–H groups in total. The lowest BCUT2D eigenvalue weighted by molar-refractivity contribution is -0.763. The summed E-state index contributed by atoms with van der Waals surface area (Å²) in [6, 6.07) is 17.5. The molecule has 3 aromatic rings. The highest BCUT2D eigenvalue weighted by molar-refractivity contribution is 7.92. The van der Waals surface area contributed by atoms with E-state index < -0.39 is 38.2 Å². The highest BCUT2D eigenvalue weighted by Gasteiger charge is 2.26. The molecule has 0 fully saturated rings. The summed E-state index contributed by atoms with van der Waals surface area (Å²) in [6.45, 7) is 2.70. The number of esters is 1. The van der Waals surface area contributed by atoms with Crippen molar-refractivity contribution in [2.75, 3.05) is 24.1 Å². The number of carbonyl (C=O) groups is 2. The van der Waals surface area contributed by atoms with Crippen molar-refractivity contribution in [3.63, 3.8) is 0 Å². The highest BCUT2D eigenvalue weighted by Crippen LogP contribution is 2.19. The Hall–Kier alpha value is -5.45. The van der Waals surface area contributed by atoms with E-state index in [0.29, 0.717) is 22.6 Å². The van der Waals surface area contributed by atoms with Gasteiger partial charge in [0, 0.05) is 17.3 Å². The van der Waals surface area contributed by atoms with Gasteiger partial charge in [0.05, 0.1) is 18.4 Å². The number of nitrogens with one attached hydrogen (secondary N) is 1. The monoisotopic (exact) mass is 660 g/mol. The van der Waals surface area contributed by atoms with E-state index in [1.165, 1.54) is 77.7 Å². The van der Waals surface area contributed by atoms with Gasteiger partial charge in [0.2, 0.25) is 10.0 Å². The first-order chi connectivity index (χ1) is 21.7. The van der Waals surface area contributed by atoms with Gasteiger partial charge < -0.3 is 24.0 Å². The molecule has 46 heavy (non-hydrogen) atoms. The minimum Gasteiger partial charge on any atom is -0.490 e. The van der Waals surface area contributed by atoms with E-state index in [0.717, 1.165) is 6.26 Å². The van der Waals surface area contributed by atoms with E-state index in [1.807, 2.05) is 0 Å². The first-order valence-corrected chi connectivity index (χ1v) is 15.5. The average Bonchev–Trinajstić information content (AvgIpc) is 3.00. The summed E-state index contributed by atoms with van der Waals surface area (Å²) in [5.74, 6) is -0.802. The molecule has 0 saturated carbocycles. The van der Waals surface area contributed by atoms with Crippen LogP contribution in [0.1, 0.15) is 45.7 Å². The molecule has 0 aliphatic rings. The van der Waals surface area contributed by atoms with Gasteiger partial charge in [-0.25, -0.2) is 13.2 Å². The van der Waals surface area contributed by atoms with Crippen LogP contribution in [0.4, 0.5) is 5.69 Å². The smallest absolute Gasteiger partial charge is 0.338 e. The lowest BCUT2D eigenvalue weighted by Gasteiger charge is -2.31. The molecule has 3 rings (SSSR count). The molecule has 16 nitrogen and oxygen atoms in total. The Bertz CT molecular complexity index is 1610. The lowest BCUT2D eigenvalue weighted by Crippen LogP contribution is -2.45. The third-order valence-corrected chi connectivity index (χ3v) is 6.82. The number of hydrogen-bond acceptors (Lipinski definition) is 12. The second kappa shape index (κ2) is 16.0. The van der Waals surface area contributed by atoms with E-state index in [-0.39, 0.29) is 43.5 Å². The Morgan fingerprint density at radius 2 is 1.33 bits per heavy atom. The standard InChI is InChI=1S/C29H32N4O12S/c1-20(2)31(28(34)23-8-4-21(5-9-23)17-43-32(36)37)16-27(19-42-26-14-12-25(13-15-26)30-46(3,40)41)45-29(35)24-10-6-22(7-11-24)18-44-33(38)39/h4-15,20,27,30H,16-19H2,1-3H3. The van der Waals surface area contributed by atoms with Crippen molar-refractivity contribution in [2.45, 2.75) is 39.2 Å². The van der Waals surface area contributed by atoms with Gasteiger partial charge in [-0.3, -0.25) is 9.52 Å². The molecular formula is C29H32N4O12S. The minimum absolute atomic E-state index is 0.0864. The molecule has 0 bridgehead atoms. The molecule has 0 heterocycles.